The lowest BCUT2D eigenvalue weighted by molar-refractivity contribution is -0.00527. The van der Waals surface area contributed by atoms with Crippen molar-refractivity contribution in [2.24, 2.45) is 0 Å². The Hall–Kier alpha value is -1.79. The molecule has 0 saturated carbocycles. The number of aldehydes is 1. The molecule has 1 saturated heterocycles. The molecular formula is C17H21N3O2S. The van der Waals surface area contributed by atoms with Crippen molar-refractivity contribution in [3.63, 3.8) is 0 Å². The van der Waals surface area contributed by atoms with E-state index in [0.29, 0.717) is 5.69 Å². The van der Waals surface area contributed by atoms with Gasteiger partial charge in [-0.2, -0.15) is 0 Å². The monoisotopic (exact) mass is 331 g/mol. The summed E-state index contributed by atoms with van der Waals surface area (Å²) in [6, 6.07) is 3.93. The van der Waals surface area contributed by atoms with Crippen LogP contribution in [0.25, 0.3) is 11.4 Å². The van der Waals surface area contributed by atoms with Crippen LogP contribution in [-0.4, -0.2) is 41.6 Å². The maximum atomic E-state index is 11.6. The van der Waals surface area contributed by atoms with Gasteiger partial charge in [0.05, 0.1) is 28.6 Å². The van der Waals surface area contributed by atoms with Crippen molar-refractivity contribution in [2.45, 2.75) is 39.9 Å². The summed E-state index contributed by atoms with van der Waals surface area (Å²) in [4.78, 5) is 23.9. The minimum atomic E-state index is 0.140. The summed E-state index contributed by atoms with van der Waals surface area (Å²) in [6.07, 6.45) is 1.11. The lowest BCUT2D eigenvalue weighted by atomic mass is 10.1. The number of hydrogen-bond acceptors (Lipinski definition) is 6. The van der Waals surface area contributed by atoms with Crippen molar-refractivity contribution in [1.29, 1.82) is 0 Å². The first kappa shape index (κ1) is 16.1. The molecule has 0 spiro atoms. The fourth-order valence-electron chi connectivity index (χ4n) is 3.09. The normalized spacial score (nSPS) is 21.5. The van der Waals surface area contributed by atoms with Crippen molar-refractivity contribution in [1.82, 2.24) is 9.97 Å². The minimum absolute atomic E-state index is 0.140. The second-order valence-electron chi connectivity index (χ2n) is 6.02. The Kier molecular flexibility index (Phi) is 4.46. The number of morpholine rings is 1. The highest BCUT2D eigenvalue weighted by atomic mass is 32.1. The van der Waals surface area contributed by atoms with Crippen LogP contribution in [0.5, 0.6) is 0 Å². The number of ether oxygens (including phenoxy) is 1. The van der Waals surface area contributed by atoms with Crippen LogP contribution in [0.15, 0.2) is 12.1 Å². The van der Waals surface area contributed by atoms with Gasteiger partial charge in [-0.25, -0.2) is 9.97 Å². The Morgan fingerprint density at radius 2 is 1.91 bits per heavy atom. The van der Waals surface area contributed by atoms with E-state index in [-0.39, 0.29) is 12.2 Å². The van der Waals surface area contributed by atoms with Crippen LogP contribution in [0, 0.1) is 13.8 Å². The molecule has 0 radical (unpaired) electrons. The Labute approximate surface area is 140 Å². The van der Waals surface area contributed by atoms with Crippen molar-refractivity contribution < 1.29 is 9.53 Å². The van der Waals surface area contributed by atoms with E-state index in [1.54, 1.807) is 11.3 Å². The van der Waals surface area contributed by atoms with Gasteiger partial charge in [-0.1, -0.05) is 0 Å². The maximum absolute atomic E-state index is 11.6. The molecule has 23 heavy (non-hydrogen) atoms. The van der Waals surface area contributed by atoms with Crippen LogP contribution in [0.1, 0.15) is 34.2 Å². The van der Waals surface area contributed by atoms with Gasteiger partial charge in [0.15, 0.2) is 6.29 Å². The smallest absolute Gasteiger partial charge is 0.170 e. The molecule has 3 heterocycles. The molecule has 5 nitrogen and oxygen atoms in total. The molecule has 2 aromatic rings. The fourth-order valence-corrected chi connectivity index (χ4v) is 3.92. The summed E-state index contributed by atoms with van der Waals surface area (Å²) in [6.45, 7) is 9.63. The SMILES string of the molecule is Cc1nc(-c2ccc(N3CC(C)OC(C)C3)c(C=O)n2)c(C)s1. The number of rotatable bonds is 3. The zero-order valence-electron chi connectivity index (χ0n) is 13.9. The topological polar surface area (TPSA) is 55.3 Å². The number of aryl methyl sites for hydroxylation is 2. The Morgan fingerprint density at radius 1 is 1.22 bits per heavy atom. The number of nitrogens with zero attached hydrogens (tertiary/aromatic N) is 3. The predicted octanol–water partition coefficient (Wildman–Crippen LogP) is 3.25. The van der Waals surface area contributed by atoms with Crippen molar-refractivity contribution >= 4 is 23.3 Å². The number of carbonyl (C=O) groups excluding carboxylic acids is 1. The van der Waals surface area contributed by atoms with Gasteiger partial charge in [0.1, 0.15) is 11.4 Å². The lowest BCUT2D eigenvalue weighted by Gasteiger charge is -2.37. The molecule has 2 aromatic heterocycles. The van der Waals surface area contributed by atoms with Crippen LogP contribution in [0.4, 0.5) is 5.69 Å². The Morgan fingerprint density at radius 3 is 2.48 bits per heavy atom. The maximum Gasteiger partial charge on any atom is 0.170 e. The summed E-state index contributed by atoms with van der Waals surface area (Å²) >= 11 is 1.64. The molecule has 0 amide bonds. The van der Waals surface area contributed by atoms with Gasteiger partial charge in [-0.15, -0.1) is 11.3 Å². The van der Waals surface area contributed by atoms with Gasteiger partial charge in [0.2, 0.25) is 0 Å². The van der Waals surface area contributed by atoms with E-state index < -0.39 is 0 Å². The molecule has 1 fully saturated rings. The summed E-state index contributed by atoms with van der Waals surface area (Å²) in [5.74, 6) is 0. The highest BCUT2D eigenvalue weighted by Crippen LogP contribution is 2.29. The molecule has 122 valence electrons. The molecule has 0 N–H and O–H groups in total. The first-order valence-corrected chi connectivity index (χ1v) is 8.60. The minimum Gasteiger partial charge on any atom is -0.372 e. The Bertz CT molecular complexity index is 719. The average Bonchev–Trinajstić information content (AvgIpc) is 2.84. The molecule has 0 aliphatic carbocycles. The molecule has 3 rings (SSSR count). The molecule has 6 heteroatoms. The van der Waals surface area contributed by atoms with Crippen molar-refractivity contribution in [2.75, 3.05) is 18.0 Å². The summed E-state index contributed by atoms with van der Waals surface area (Å²) < 4.78 is 5.76. The van der Waals surface area contributed by atoms with Gasteiger partial charge >= 0.3 is 0 Å². The molecule has 1 aliphatic heterocycles. The third-order valence-electron chi connectivity index (χ3n) is 3.92. The van der Waals surface area contributed by atoms with E-state index in [1.807, 2.05) is 39.8 Å². The van der Waals surface area contributed by atoms with E-state index in [4.69, 9.17) is 4.74 Å². The zero-order chi connectivity index (χ0) is 16.6. The molecule has 1 aliphatic rings. The molecule has 0 aromatic carbocycles. The molecule has 2 atom stereocenters. The van der Waals surface area contributed by atoms with Crippen molar-refractivity contribution in [3.05, 3.63) is 27.7 Å². The highest BCUT2D eigenvalue weighted by Gasteiger charge is 2.25. The second kappa shape index (κ2) is 6.37. The number of hydrogen-bond donors (Lipinski definition) is 0. The number of carbonyl (C=O) groups is 1. The van der Waals surface area contributed by atoms with Crippen LogP contribution < -0.4 is 4.90 Å². The predicted molar refractivity (Wildman–Crippen MR) is 92.4 cm³/mol. The van der Waals surface area contributed by atoms with Gasteiger partial charge in [-0.3, -0.25) is 4.79 Å². The number of thiazole rings is 1. The number of aromatic nitrogens is 2. The molecular weight excluding hydrogens is 310 g/mol. The first-order valence-electron chi connectivity index (χ1n) is 7.79. The lowest BCUT2D eigenvalue weighted by Crippen LogP contribution is -2.45. The van der Waals surface area contributed by atoms with E-state index in [0.717, 1.165) is 46.3 Å². The fraction of sp³-hybridized carbons (Fsp3) is 0.471. The third kappa shape index (κ3) is 3.28. The first-order chi connectivity index (χ1) is 11.0. The third-order valence-corrected chi connectivity index (χ3v) is 4.81. The van der Waals surface area contributed by atoms with Crippen LogP contribution in [-0.2, 0) is 4.74 Å². The second-order valence-corrected chi connectivity index (χ2v) is 7.43. The van der Waals surface area contributed by atoms with E-state index in [9.17, 15) is 4.79 Å². The van der Waals surface area contributed by atoms with Gasteiger partial charge < -0.3 is 9.64 Å². The van der Waals surface area contributed by atoms with E-state index in [1.165, 1.54) is 0 Å². The average molecular weight is 331 g/mol. The van der Waals surface area contributed by atoms with Gasteiger partial charge in [0, 0.05) is 18.0 Å². The number of pyridine rings is 1. The molecule has 2 unspecified atom stereocenters. The standard InChI is InChI=1S/C17H21N3O2S/c1-10-7-20(8-11(2)22-10)16-6-5-14(19-15(16)9-21)17-12(3)23-13(4)18-17/h5-6,9-11H,7-8H2,1-4H3. The van der Waals surface area contributed by atoms with E-state index in [2.05, 4.69) is 14.9 Å². The van der Waals surface area contributed by atoms with Crippen LogP contribution in [0.3, 0.4) is 0 Å². The van der Waals surface area contributed by atoms with Gasteiger partial charge in [-0.05, 0) is 39.8 Å². The van der Waals surface area contributed by atoms with E-state index >= 15 is 0 Å². The largest absolute Gasteiger partial charge is 0.372 e. The number of anilines is 1. The summed E-state index contributed by atoms with van der Waals surface area (Å²) in [5, 5.41) is 1.01. The Balaban J connectivity index is 1.97. The summed E-state index contributed by atoms with van der Waals surface area (Å²) in [5.41, 5.74) is 2.96. The highest BCUT2D eigenvalue weighted by molar-refractivity contribution is 7.11. The van der Waals surface area contributed by atoms with Crippen LogP contribution >= 0.6 is 11.3 Å². The van der Waals surface area contributed by atoms with Gasteiger partial charge in [0.25, 0.3) is 0 Å². The van der Waals surface area contributed by atoms with Crippen LogP contribution in [0.2, 0.25) is 0 Å². The van der Waals surface area contributed by atoms with Crippen molar-refractivity contribution in [3.8, 4) is 11.4 Å². The quantitative estimate of drug-likeness (QED) is 0.808. The summed E-state index contributed by atoms with van der Waals surface area (Å²) in [7, 11) is 0. The zero-order valence-corrected chi connectivity index (χ0v) is 14.7. The molecule has 0 bridgehead atoms.